The van der Waals surface area contributed by atoms with Gasteiger partial charge in [-0.3, -0.25) is 9.59 Å². The lowest BCUT2D eigenvalue weighted by molar-refractivity contribution is -0.305. The Labute approximate surface area is 458 Å². The van der Waals surface area contributed by atoms with Crippen molar-refractivity contribution in [2.45, 2.75) is 320 Å². The molecule has 6 N–H and O–H groups in total. The summed E-state index contributed by atoms with van der Waals surface area (Å²) in [7, 11) is 0. The lowest BCUT2D eigenvalue weighted by Crippen LogP contribution is -2.61. The molecule has 1 amide bonds. The summed E-state index contributed by atoms with van der Waals surface area (Å²) in [5.74, 6) is -1.21. The molecule has 1 rings (SSSR count). The van der Waals surface area contributed by atoms with Crippen LogP contribution in [0.15, 0.2) is 60.8 Å². The van der Waals surface area contributed by atoms with E-state index in [0.717, 1.165) is 96.3 Å². The molecule has 0 aromatic carbocycles. The summed E-state index contributed by atoms with van der Waals surface area (Å²) < 4.78 is 17.6. The molecule has 0 aromatic rings. The van der Waals surface area contributed by atoms with Gasteiger partial charge in [0, 0.05) is 6.42 Å². The van der Waals surface area contributed by atoms with E-state index in [0.29, 0.717) is 12.8 Å². The lowest BCUT2D eigenvalue weighted by Gasteiger charge is -2.41. The average molecular weight is 1060 g/mol. The van der Waals surface area contributed by atoms with Gasteiger partial charge in [0.05, 0.1) is 25.4 Å². The molecule has 11 nitrogen and oxygen atoms in total. The predicted molar refractivity (Wildman–Crippen MR) is 310 cm³/mol. The SMILES string of the molecule is CCCC/C=C\CCCCCCCC(=O)OC1C(OCC(NC(=O)C(O)CCCCCCCCCCCCC/C=C\C/C=C\C/C=C\CCCCC)C(O)/C=C/CCCCCCCCCCC)OC(CO)C(O)C1O. The van der Waals surface area contributed by atoms with E-state index >= 15 is 0 Å². The molecule has 0 radical (unpaired) electrons. The first-order chi connectivity index (χ1) is 36.7. The molecule has 0 spiro atoms. The molecule has 436 valence electrons. The summed E-state index contributed by atoms with van der Waals surface area (Å²) in [6.45, 7) is 5.70. The summed E-state index contributed by atoms with van der Waals surface area (Å²) >= 11 is 0. The minimum atomic E-state index is -1.62. The van der Waals surface area contributed by atoms with E-state index in [9.17, 15) is 35.1 Å². The van der Waals surface area contributed by atoms with Crippen molar-refractivity contribution < 1.29 is 49.3 Å². The van der Waals surface area contributed by atoms with Gasteiger partial charge in [0.15, 0.2) is 12.4 Å². The number of esters is 1. The first kappa shape index (κ1) is 70.4. The summed E-state index contributed by atoms with van der Waals surface area (Å²) in [5, 5.41) is 56.9. The zero-order chi connectivity index (χ0) is 54.7. The van der Waals surface area contributed by atoms with Crippen molar-refractivity contribution in [1.82, 2.24) is 5.32 Å². The Morgan fingerprint density at radius 1 is 0.520 bits per heavy atom. The number of nitrogens with one attached hydrogen (secondary N) is 1. The van der Waals surface area contributed by atoms with Crippen molar-refractivity contribution in [1.29, 1.82) is 0 Å². The smallest absolute Gasteiger partial charge is 0.306 e. The number of ether oxygens (including phenoxy) is 3. The van der Waals surface area contributed by atoms with E-state index in [2.05, 4.69) is 74.7 Å². The molecule has 1 fully saturated rings. The first-order valence-electron chi connectivity index (χ1n) is 31.1. The number of carbonyl (C=O) groups is 2. The second kappa shape index (κ2) is 52.1. The number of amides is 1. The van der Waals surface area contributed by atoms with Crippen LogP contribution in [-0.2, 0) is 23.8 Å². The maximum Gasteiger partial charge on any atom is 0.306 e. The second-order valence-corrected chi connectivity index (χ2v) is 21.4. The van der Waals surface area contributed by atoms with E-state index < -0.39 is 67.4 Å². The van der Waals surface area contributed by atoms with E-state index in [1.807, 2.05) is 6.08 Å². The van der Waals surface area contributed by atoms with Gasteiger partial charge >= 0.3 is 5.97 Å². The molecule has 1 heterocycles. The zero-order valence-electron chi connectivity index (χ0n) is 48.2. The molecule has 0 bridgehead atoms. The van der Waals surface area contributed by atoms with Crippen molar-refractivity contribution in [2.24, 2.45) is 0 Å². The number of hydrogen-bond acceptors (Lipinski definition) is 10. The van der Waals surface area contributed by atoms with Crippen LogP contribution >= 0.6 is 0 Å². The molecule has 8 atom stereocenters. The van der Waals surface area contributed by atoms with Crippen LogP contribution in [0.1, 0.15) is 271 Å². The van der Waals surface area contributed by atoms with Crippen molar-refractivity contribution in [3.05, 3.63) is 60.8 Å². The number of rotatable bonds is 52. The van der Waals surface area contributed by atoms with Gasteiger partial charge in [-0.15, -0.1) is 0 Å². The fraction of sp³-hybridized carbons (Fsp3) is 0.812. The summed E-state index contributed by atoms with van der Waals surface area (Å²) in [6, 6.07) is -1.03. The van der Waals surface area contributed by atoms with E-state index in [1.54, 1.807) is 6.08 Å². The monoisotopic (exact) mass is 1060 g/mol. The van der Waals surface area contributed by atoms with Gasteiger partial charge in [-0.05, 0) is 83.5 Å². The Hall–Kier alpha value is -2.64. The van der Waals surface area contributed by atoms with Crippen LogP contribution in [0.3, 0.4) is 0 Å². The Kier molecular flexibility index (Phi) is 48.9. The quantitative estimate of drug-likeness (QED) is 0.0195. The topological polar surface area (TPSA) is 175 Å². The third kappa shape index (κ3) is 40.2. The van der Waals surface area contributed by atoms with Crippen LogP contribution < -0.4 is 5.32 Å². The molecule has 11 heteroatoms. The number of allylic oxidation sites excluding steroid dienone is 9. The highest BCUT2D eigenvalue weighted by Gasteiger charge is 2.47. The average Bonchev–Trinajstić information content (AvgIpc) is 3.41. The highest BCUT2D eigenvalue weighted by molar-refractivity contribution is 5.80. The van der Waals surface area contributed by atoms with Crippen LogP contribution in [0.25, 0.3) is 0 Å². The van der Waals surface area contributed by atoms with Crippen LogP contribution in [-0.4, -0.2) is 99.6 Å². The fourth-order valence-corrected chi connectivity index (χ4v) is 9.40. The van der Waals surface area contributed by atoms with E-state index in [4.69, 9.17) is 14.2 Å². The third-order valence-corrected chi connectivity index (χ3v) is 14.4. The Morgan fingerprint density at radius 2 is 0.933 bits per heavy atom. The summed E-state index contributed by atoms with van der Waals surface area (Å²) in [4.78, 5) is 26.5. The largest absolute Gasteiger partial charge is 0.454 e. The Morgan fingerprint density at radius 3 is 1.45 bits per heavy atom. The molecule has 75 heavy (non-hydrogen) atoms. The van der Waals surface area contributed by atoms with E-state index in [1.165, 1.54) is 128 Å². The lowest BCUT2D eigenvalue weighted by atomic mass is 9.99. The maximum absolute atomic E-state index is 13.4. The van der Waals surface area contributed by atoms with Crippen molar-refractivity contribution in [2.75, 3.05) is 13.2 Å². The minimum absolute atomic E-state index is 0.112. The number of aliphatic hydroxyl groups is 5. The molecule has 1 aliphatic rings. The first-order valence-corrected chi connectivity index (χ1v) is 31.1. The van der Waals surface area contributed by atoms with Gasteiger partial charge in [0.1, 0.15) is 24.4 Å². The second-order valence-electron chi connectivity index (χ2n) is 21.4. The minimum Gasteiger partial charge on any atom is -0.454 e. The Balaban J connectivity index is 2.60. The third-order valence-electron chi connectivity index (χ3n) is 14.4. The van der Waals surface area contributed by atoms with Gasteiger partial charge in [0.2, 0.25) is 5.91 Å². The normalized spacial score (nSPS) is 19.6. The highest BCUT2D eigenvalue weighted by atomic mass is 16.7. The zero-order valence-corrected chi connectivity index (χ0v) is 48.2. The van der Waals surface area contributed by atoms with Crippen molar-refractivity contribution in [3.63, 3.8) is 0 Å². The van der Waals surface area contributed by atoms with Gasteiger partial charge in [-0.25, -0.2) is 0 Å². The summed E-state index contributed by atoms with van der Waals surface area (Å²) in [6.07, 6.45) is 54.2. The molecule has 0 aromatic heterocycles. The van der Waals surface area contributed by atoms with Crippen molar-refractivity contribution >= 4 is 11.9 Å². The van der Waals surface area contributed by atoms with Crippen LogP contribution in [0.5, 0.6) is 0 Å². The van der Waals surface area contributed by atoms with Crippen LogP contribution in [0.4, 0.5) is 0 Å². The van der Waals surface area contributed by atoms with E-state index in [-0.39, 0.29) is 19.4 Å². The van der Waals surface area contributed by atoms with Crippen LogP contribution in [0, 0.1) is 0 Å². The maximum atomic E-state index is 13.4. The molecule has 8 unspecified atom stereocenters. The number of hydrogen-bond donors (Lipinski definition) is 6. The van der Waals surface area contributed by atoms with Crippen molar-refractivity contribution in [3.8, 4) is 0 Å². The molecular formula is C64H115NO10. The van der Waals surface area contributed by atoms with Gasteiger partial charge in [-0.1, -0.05) is 242 Å². The number of aliphatic hydroxyl groups excluding tert-OH is 5. The van der Waals surface area contributed by atoms with Gasteiger partial charge in [0.25, 0.3) is 0 Å². The molecule has 1 saturated heterocycles. The fourth-order valence-electron chi connectivity index (χ4n) is 9.40. The standard InChI is InChI=1S/C64H115NO10/c1-4-7-10-13-16-19-22-23-24-25-26-27-28-29-30-31-32-33-34-37-39-42-45-48-51-57(68)63(72)65-55(56(67)50-47-44-41-38-35-20-17-14-11-8-5-2)54-73-64-62(61(71)60(70)58(53-66)74-64)75-59(69)52-49-46-43-40-36-21-18-15-12-9-6-3/h15-16,18-19,23-24,26-27,47,50,55-58,60-62,64,66-68,70-71H,4-14,17,20-22,25,28-46,48-49,51-54H2,1-3H3,(H,65,72)/b18-15-,19-16-,24-23-,27-26-,50-47+. The molecule has 0 aliphatic carbocycles. The number of carbonyl (C=O) groups excluding carboxylic acids is 2. The van der Waals surface area contributed by atoms with Gasteiger partial charge in [-0.2, -0.15) is 0 Å². The van der Waals surface area contributed by atoms with Crippen LogP contribution in [0.2, 0.25) is 0 Å². The predicted octanol–water partition coefficient (Wildman–Crippen LogP) is 14.6. The number of unbranched alkanes of at least 4 members (excludes halogenated alkanes) is 30. The summed E-state index contributed by atoms with van der Waals surface area (Å²) in [5.41, 5.74) is 0. The molecular weight excluding hydrogens is 943 g/mol. The molecule has 1 aliphatic heterocycles. The van der Waals surface area contributed by atoms with Gasteiger partial charge < -0.3 is 45.1 Å². The highest BCUT2D eigenvalue weighted by Crippen LogP contribution is 2.26. The molecule has 0 saturated carbocycles. The Bertz CT molecular complexity index is 1450.